The van der Waals surface area contributed by atoms with Gasteiger partial charge in [0.2, 0.25) is 0 Å². The van der Waals surface area contributed by atoms with Crippen LogP contribution in [0, 0.1) is 0 Å². The fourth-order valence-electron chi connectivity index (χ4n) is 2.22. The number of rotatable bonds is 1. The van der Waals surface area contributed by atoms with E-state index in [-0.39, 0.29) is 12.1 Å². The predicted molar refractivity (Wildman–Crippen MR) is 42.1 cm³/mol. The normalized spacial score (nSPS) is 50.7. The van der Waals surface area contributed by atoms with Gasteiger partial charge in [-0.3, -0.25) is 0 Å². The standard InChI is InChI=1S/C8H15FN2/c9-8(4-6(10)5-8)7-2-1-3-11-7/h6-7,11H,1-5,10H2. The van der Waals surface area contributed by atoms with Gasteiger partial charge in [0.05, 0.1) is 0 Å². The van der Waals surface area contributed by atoms with Crippen LogP contribution in [0.3, 0.4) is 0 Å². The van der Waals surface area contributed by atoms with Crippen molar-refractivity contribution in [1.29, 1.82) is 0 Å². The van der Waals surface area contributed by atoms with Gasteiger partial charge in [0.25, 0.3) is 0 Å². The van der Waals surface area contributed by atoms with Crippen molar-refractivity contribution in [2.75, 3.05) is 6.54 Å². The van der Waals surface area contributed by atoms with E-state index in [4.69, 9.17) is 5.73 Å². The lowest BCUT2D eigenvalue weighted by Gasteiger charge is -2.43. The quantitative estimate of drug-likeness (QED) is 0.585. The van der Waals surface area contributed by atoms with Crippen LogP contribution < -0.4 is 11.1 Å². The molecule has 11 heavy (non-hydrogen) atoms. The maximum atomic E-state index is 13.7. The molecule has 1 aliphatic carbocycles. The molecule has 0 aromatic carbocycles. The zero-order valence-corrected chi connectivity index (χ0v) is 6.65. The van der Waals surface area contributed by atoms with Gasteiger partial charge in [-0.15, -0.1) is 0 Å². The summed E-state index contributed by atoms with van der Waals surface area (Å²) in [6.45, 7) is 0.978. The van der Waals surface area contributed by atoms with E-state index in [1.54, 1.807) is 0 Å². The van der Waals surface area contributed by atoms with Crippen LogP contribution in [0.25, 0.3) is 0 Å². The van der Waals surface area contributed by atoms with Crippen molar-refractivity contribution in [1.82, 2.24) is 5.32 Å². The van der Waals surface area contributed by atoms with Gasteiger partial charge in [0.1, 0.15) is 5.67 Å². The first-order valence-electron chi connectivity index (χ1n) is 4.39. The molecule has 0 spiro atoms. The van der Waals surface area contributed by atoms with Gasteiger partial charge >= 0.3 is 0 Å². The second-order valence-electron chi connectivity index (χ2n) is 3.85. The third-order valence-electron chi connectivity index (χ3n) is 2.89. The molecule has 2 nitrogen and oxygen atoms in total. The minimum atomic E-state index is -0.962. The highest BCUT2D eigenvalue weighted by Gasteiger charge is 2.49. The molecule has 3 N–H and O–H groups in total. The lowest BCUT2D eigenvalue weighted by Crippen LogP contribution is -2.58. The Morgan fingerprint density at radius 1 is 1.45 bits per heavy atom. The van der Waals surface area contributed by atoms with Crippen LogP contribution in [0.2, 0.25) is 0 Å². The van der Waals surface area contributed by atoms with Crippen molar-refractivity contribution in [3.8, 4) is 0 Å². The van der Waals surface area contributed by atoms with Gasteiger partial charge in [-0.25, -0.2) is 4.39 Å². The molecular weight excluding hydrogens is 143 g/mol. The first kappa shape index (κ1) is 7.50. The fraction of sp³-hybridized carbons (Fsp3) is 1.00. The number of hydrogen-bond acceptors (Lipinski definition) is 2. The summed E-state index contributed by atoms with van der Waals surface area (Å²) in [6.07, 6.45) is 3.23. The van der Waals surface area contributed by atoms with Crippen LogP contribution in [0.1, 0.15) is 25.7 Å². The lowest BCUT2D eigenvalue weighted by molar-refractivity contribution is 0.0106. The second-order valence-corrected chi connectivity index (χ2v) is 3.85. The Morgan fingerprint density at radius 2 is 2.18 bits per heavy atom. The lowest BCUT2D eigenvalue weighted by atomic mass is 9.72. The average molecular weight is 158 g/mol. The predicted octanol–water partition coefficient (Wildman–Crippen LogP) is 0.568. The van der Waals surface area contributed by atoms with Crippen LogP contribution in [0.5, 0.6) is 0 Å². The topological polar surface area (TPSA) is 38.0 Å². The first-order chi connectivity index (χ1) is 5.21. The highest BCUT2D eigenvalue weighted by atomic mass is 19.1. The van der Waals surface area contributed by atoms with Crippen LogP contribution in [-0.4, -0.2) is 24.3 Å². The molecule has 2 aliphatic rings. The molecule has 64 valence electrons. The van der Waals surface area contributed by atoms with Gasteiger partial charge in [-0.1, -0.05) is 0 Å². The van der Waals surface area contributed by atoms with E-state index in [0.29, 0.717) is 12.8 Å². The molecule has 0 radical (unpaired) electrons. The molecule has 1 heterocycles. The minimum absolute atomic E-state index is 0.0994. The fourth-order valence-corrected chi connectivity index (χ4v) is 2.22. The van der Waals surface area contributed by atoms with Crippen molar-refractivity contribution < 1.29 is 4.39 Å². The summed E-state index contributed by atoms with van der Waals surface area (Å²) < 4.78 is 13.7. The summed E-state index contributed by atoms with van der Waals surface area (Å²) in [5.74, 6) is 0. The van der Waals surface area contributed by atoms with Crippen molar-refractivity contribution in [3.05, 3.63) is 0 Å². The smallest absolute Gasteiger partial charge is 0.129 e. The Morgan fingerprint density at radius 3 is 2.64 bits per heavy atom. The molecule has 0 bridgehead atoms. The van der Waals surface area contributed by atoms with Crippen molar-refractivity contribution in [2.45, 2.75) is 43.4 Å². The molecule has 2 fully saturated rings. The van der Waals surface area contributed by atoms with E-state index >= 15 is 0 Å². The van der Waals surface area contributed by atoms with Gasteiger partial charge < -0.3 is 11.1 Å². The molecule has 1 unspecified atom stereocenters. The van der Waals surface area contributed by atoms with Crippen LogP contribution >= 0.6 is 0 Å². The summed E-state index contributed by atoms with van der Waals surface area (Å²) >= 11 is 0. The monoisotopic (exact) mass is 158 g/mol. The SMILES string of the molecule is NC1CC(F)(C2CCCN2)C1. The van der Waals surface area contributed by atoms with E-state index in [1.165, 1.54) is 0 Å². The highest BCUT2D eigenvalue weighted by Crippen LogP contribution is 2.40. The molecule has 0 aromatic rings. The van der Waals surface area contributed by atoms with Gasteiger partial charge in [0, 0.05) is 12.1 Å². The second kappa shape index (κ2) is 2.42. The average Bonchev–Trinajstić information content (AvgIpc) is 2.34. The molecule has 1 saturated carbocycles. The van der Waals surface area contributed by atoms with Crippen LogP contribution in [0.15, 0.2) is 0 Å². The van der Waals surface area contributed by atoms with E-state index < -0.39 is 5.67 Å². The van der Waals surface area contributed by atoms with E-state index in [9.17, 15) is 4.39 Å². The van der Waals surface area contributed by atoms with Crippen molar-refractivity contribution in [2.24, 2.45) is 5.73 Å². The Labute approximate surface area is 66.3 Å². The van der Waals surface area contributed by atoms with E-state index in [2.05, 4.69) is 5.32 Å². The maximum Gasteiger partial charge on any atom is 0.129 e. The summed E-state index contributed by atoms with van der Waals surface area (Å²) in [5, 5.41) is 3.19. The molecule has 1 saturated heterocycles. The van der Waals surface area contributed by atoms with Gasteiger partial charge in [0.15, 0.2) is 0 Å². The van der Waals surface area contributed by atoms with Gasteiger partial charge in [-0.2, -0.15) is 0 Å². The number of halogens is 1. The molecule has 0 aromatic heterocycles. The Balaban J connectivity index is 1.93. The summed E-state index contributed by atoms with van der Waals surface area (Å²) in [7, 11) is 0. The number of nitrogens with two attached hydrogens (primary N) is 1. The van der Waals surface area contributed by atoms with Gasteiger partial charge in [-0.05, 0) is 32.2 Å². The summed E-state index contributed by atoms with van der Waals surface area (Å²) in [4.78, 5) is 0. The van der Waals surface area contributed by atoms with Crippen LogP contribution in [0.4, 0.5) is 4.39 Å². The van der Waals surface area contributed by atoms with Crippen LogP contribution in [-0.2, 0) is 0 Å². The first-order valence-corrected chi connectivity index (χ1v) is 4.39. The number of nitrogens with one attached hydrogen (secondary N) is 1. The summed E-state index contributed by atoms with van der Waals surface area (Å²) in [6, 6.07) is 0.213. The zero-order valence-electron chi connectivity index (χ0n) is 6.65. The molecule has 0 amide bonds. The molecule has 1 atom stereocenters. The molecule has 2 rings (SSSR count). The number of alkyl halides is 1. The van der Waals surface area contributed by atoms with E-state index in [1.807, 2.05) is 0 Å². The third-order valence-corrected chi connectivity index (χ3v) is 2.89. The Bertz CT molecular complexity index is 148. The van der Waals surface area contributed by atoms with E-state index in [0.717, 1.165) is 19.4 Å². The summed E-state index contributed by atoms with van der Waals surface area (Å²) in [5.41, 5.74) is 4.59. The largest absolute Gasteiger partial charge is 0.327 e. The Hall–Kier alpha value is -0.150. The Kier molecular flexibility index (Phi) is 1.65. The zero-order chi connectivity index (χ0) is 7.90. The third kappa shape index (κ3) is 1.16. The molecular formula is C8H15FN2. The maximum absolute atomic E-state index is 13.7. The molecule has 3 heteroatoms. The molecule has 1 aliphatic heterocycles. The van der Waals surface area contributed by atoms with Crippen molar-refractivity contribution in [3.63, 3.8) is 0 Å². The highest BCUT2D eigenvalue weighted by molar-refractivity contribution is 5.06. The van der Waals surface area contributed by atoms with Crippen molar-refractivity contribution >= 4 is 0 Å². The minimum Gasteiger partial charge on any atom is -0.327 e. The number of hydrogen-bond donors (Lipinski definition) is 2.